The second kappa shape index (κ2) is 8.39. The van der Waals surface area contributed by atoms with Gasteiger partial charge in [0.1, 0.15) is 5.75 Å². The second-order valence-corrected chi connectivity index (χ2v) is 6.60. The van der Waals surface area contributed by atoms with Crippen LogP contribution >= 0.6 is 12.4 Å². The van der Waals surface area contributed by atoms with E-state index in [9.17, 15) is 4.79 Å². The molecule has 4 nitrogen and oxygen atoms in total. The molecular weight excluding hydrogens is 300 g/mol. The lowest BCUT2D eigenvalue weighted by Crippen LogP contribution is -2.39. The Morgan fingerprint density at radius 1 is 1.27 bits per heavy atom. The van der Waals surface area contributed by atoms with Crippen molar-refractivity contribution in [1.29, 1.82) is 0 Å². The van der Waals surface area contributed by atoms with Crippen LogP contribution in [-0.2, 0) is 10.2 Å². The van der Waals surface area contributed by atoms with Crippen LogP contribution in [-0.4, -0.2) is 25.7 Å². The molecule has 0 bridgehead atoms. The van der Waals surface area contributed by atoms with Gasteiger partial charge in [-0.05, 0) is 43.0 Å². The number of para-hydroxylation sites is 1. The SMILES string of the molecule is CC(C)(C)c1ccccc1OCNC(=O)C1CCNCC1.Cl. The highest BCUT2D eigenvalue weighted by Crippen LogP contribution is 2.30. The maximum Gasteiger partial charge on any atom is 0.225 e. The number of rotatable bonds is 4. The molecule has 0 atom stereocenters. The first-order chi connectivity index (χ1) is 9.98. The monoisotopic (exact) mass is 326 g/mol. The molecule has 0 aliphatic carbocycles. The normalized spacial score (nSPS) is 15.8. The van der Waals surface area contributed by atoms with E-state index < -0.39 is 0 Å². The highest BCUT2D eigenvalue weighted by molar-refractivity contribution is 5.85. The summed E-state index contributed by atoms with van der Waals surface area (Å²) in [5.74, 6) is 1.06. The quantitative estimate of drug-likeness (QED) is 0.836. The van der Waals surface area contributed by atoms with Crippen molar-refractivity contribution in [2.45, 2.75) is 39.0 Å². The van der Waals surface area contributed by atoms with Gasteiger partial charge < -0.3 is 15.4 Å². The third-order valence-corrected chi connectivity index (χ3v) is 3.88. The van der Waals surface area contributed by atoms with Crippen LogP contribution in [0.1, 0.15) is 39.2 Å². The van der Waals surface area contributed by atoms with Gasteiger partial charge >= 0.3 is 0 Å². The van der Waals surface area contributed by atoms with Crippen LogP contribution in [0.25, 0.3) is 0 Å². The van der Waals surface area contributed by atoms with E-state index >= 15 is 0 Å². The number of carbonyl (C=O) groups is 1. The fourth-order valence-electron chi connectivity index (χ4n) is 2.63. The van der Waals surface area contributed by atoms with Crippen LogP contribution in [0.15, 0.2) is 24.3 Å². The molecule has 1 fully saturated rings. The zero-order valence-electron chi connectivity index (χ0n) is 13.6. The van der Waals surface area contributed by atoms with Gasteiger partial charge in [0.2, 0.25) is 5.91 Å². The first-order valence-corrected chi connectivity index (χ1v) is 7.69. The lowest BCUT2D eigenvalue weighted by Gasteiger charge is -2.24. The van der Waals surface area contributed by atoms with E-state index in [4.69, 9.17) is 4.74 Å². The summed E-state index contributed by atoms with van der Waals surface area (Å²) < 4.78 is 5.78. The van der Waals surface area contributed by atoms with Crippen molar-refractivity contribution >= 4 is 18.3 Å². The largest absolute Gasteiger partial charge is 0.473 e. The van der Waals surface area contributed by atoms with Crippen LogP contribution in [0.2, 0.25) is 0 Å². The van der Waals surface area contributed by atoms with Crippen molar-refractivity contribution in [3.8, 4) is 5.75 Å². The van der Waals surface area contributed by atoms with Crippen molar-refractivity contribution in [2.24, 2.45) is 5.92 Å². The van der Waals surface area contributed by atoms with Gasteiger partial charge in [-0.25, -0.2) is 0 Å². The topological polar surface area (TPSA) is 50.4 Å². The summed E-state index contributed by atoms with van der Waals surface area (Å²) in [6.07, 6.45) is 1.81. The summed E-state index contributed by atoms with van der Waals surface area (Å²) >= 11 is 0. The molecule has 0 aromatic heterocycles. The number of hydrogen-bond acceptors (Lipinski definition) is 3. The Kier molecular flexibility index (Phi) is 7.17. The molecule has 0 radical (unpaired) electrons. The average Bonchev–Trinajstić information content (AvgIpc) is 2.47. The number of halogens is 1. The number of carbonyl (C=O) groups excluding carboxylic acids is 1. The van der Waals surface area contributed by atoms with Crippen molar-refractivity contribution < 1.29 is 9.53 Å². The van der Waals surface area contributed by atoms with Gasteiger partial charge in [-0.3, -0.25) is 4.79 Å². The zero-order chi connectivity index (χ0) is 15.3. The summed E-state index contributed by atoms with van der Waals surface area (Å²) in [4.78, 5) is 12.1. The second-order valence-electron chi connectivity index (χ2n) is 6.60. The van der Waals surface area contributed by atoms with E-state index in [1.54, 1.807) is 0 Å². The Labute approximate surface area is 139 Å². The van der Waals surface area contributed by atoms with Gasteiger partial charge in [0.15, 0.2) is 6.73 Å². The Morgan fingerprint density at radius 2 is 1.91 bits per heavy atom. The predicted molar refractivity (Wildman–Crippen MR) is 91.6 cm³/mol. The molecule has 1 aromatic carbocycles. The number of benzene rings is 1. The fraction of sp³-hybridized carbons (Fsp3) is 0.588. The maximum atomic E-state index is 12.1. The molecule has 1 aromatic rings. The highest BCUT2D eigenvalue weighted by Gasteiger charge is 2.21. The van der Waals surface area contributed by atoms with Gasteiger partial charge in [0.25, 0.3) is 0 Å². The van der Waals surface area contributed by atoms with Gasteiger partial charge in [-0.15, -0.1) is 12.4 Å². The van der Waals surface area contributed by atoms with E-state index in [2.05, 4.69) is 37.5 Å². The van der Waals surface area contributed by atoms with E-state index in [-0.39, 0.29) is 36.4 Å². The average molecular weight is 327 g/mol. The van der Waals surface area contributed by atoms with Gasteiger partial charge in [0, 0.05) is 5.92 Å². The fourth-order valence-corrected chi connectivity index (χ4v) is 2.63. The molecule has 22 heavy (non-hydrogen) atoms. The summed E-state index contributed by atoms with van der Waals surface area (Å²) in [5.41, 5.74) is 1.18. The van der Waals surface area contributed by atoms with Crippen LogP contribution in [0.4, 0.5) is 0 Å². The van der Waals surface area contributed by atoms with E-state index in [0.29, 0.717) is 0 Å². The molecule has 124 valence electrons. The highest BCUT2D eigenvalue weighted by atomic mass is 35.5. The van der Waals surface area contributed by atoms with Crippen LogP contribution in [0.5, 0.6) is 5.75 Å². The number of hydrogen-bond donors (Lipinski definition) is 2. The maximum absolute atomic E-state index is 12.1. The Morgan fingerprint density at radius 3 is 2.55 bits per heavy atom. The van der Waals surface area contributed by atoms with Crippen molar-refractivity contribution in [3.63, 3.8) is 0 Å². The van der Waals surface area contributed by atoms with Crippen LogP contribution in [0.3, 0.4) is 0 Å². The summed E-state index contributed by atoms with van der Waals surface area (Å²) in [6, 6.07) is 8.00. The third-order valence-electron chi connectivity index (χ3n) is 3.88. The molecule has 1 saturated heterocycles. The lowest BCUT2D eigenvalue weighted by atomic mass is 9.86. The minimum atomic E-state index is 0. The standard InChI is InChI=1S/C17H26N2O2.ClH/c1-17(2,3)14-6-4-5-7-15(14)21-12-19-16(20)13-8-10-18-11-9-13;/h4-7,13,18H,8-12H2,1-3H3,(H,19,20);1H. The minimum absolute atomic E-state index is 0. The van der Waals surface area contributed by atoms with Crippen molar-refractivity contribution in [1.82, 2.24) is 10.6 Å². The Balaban J connectivity index is 0.00000242. The molecule has 0 spiro atoms. The molecule has 1 aliphatic rings. The Bertz CT molecular complexity index is 480. The number of ether oxygens (including phenoxy) is 1. The summed E-state index contributed by atoms with van der Waals surface area (Å²) in [7, 11) is 0. The molecule has 0 saturated carbocycles. The van der Waals surface area contributed by atoms with E-state index in [0.717, 1.165) is 37.2 Å². The lowest BCUT2D eigenvalue weighted by molar-refractivity contribution is -0.126. The van der Waals surface area contributed by atoms with Gasteiger partial charge in [-0.1, -0.05) is 39.0 Å². The van der Waals surface area contributed by atoms with E-state index in [1.165, 1.54) is 0 Å². The van der Waals surface area contributed by atoms with E-state index in [1.807, 2.05) is 18.2 Å². The van der Waals surface area contributed by atoms with Crippen molar-refractivity contribution in [3.05, 3.63) is 29.8 Å². The molecule has 2 rings (SSSR count). The van der Waals surface area contributed by atoms with Crippen molar-refractivity contribution in [2.75, 3.05) is 19.8 Å². The molecular formula is C17H27ClN2O2. The number of amides is 1. The molecule has 1 aliphatic heterocycles. The Hall–Kier alpha value is -1.26. The van der Waals surface area contributed by atoms with Crippen LogP contribution < -0.4 is 15.4 Å². The molecule has 1 heterocycles. The first kappa shape index (κ1) is 18.8. The first-order valence-electron chi connectivity index (χ1n) is 7.69. The number of nitrogens with one attached hydrogen (secondary N) is 2. The molecule has 5 heteroatoms. The zero-order valence-corrected chi connectivity index (χ0v) is 14.5. The number of piperidine rings is 1. The molecule has 2 N–H and O–H groups in total. The molecule has 0 unspecified atom stereocenters. The summed E-state index contributed by atoms with van der Waals surface area (Å²) in [5, 5.41) is 6.15. The van der Waals surface area contributed by atoms with Gasteiger partial charge in [0.05, 0.1) is 0 Å². The minimum Gasteiger partial charge on any atom is -0.473 e. The predicted octanol–water partition coefficient (Wildman–Crippen LogP) is 2.86. The van der Waals surface area contributed by atoms with Gasteiger partial charge in [-0.2, -0.15) is 0 Å². The third kappa shape index (κ3) is 5.18. The summed E-state index contributed by atoms with van der Waals surface area (Å²) in [6.45, 7) is 8.54. The smallest absolute Gasteiger partial charge is 0.225 e. The molecule has 1 amide bonds. The van der Waals surface area contributed by atoms with Crippen LogP contribution in [0, 0.1) is 5.92 Å².